The highest BCUT2D eigenvalue weighted by atomic mass is 19.1. The minimum Gasteiger partial charge on any atom is -0.396 e. The van der Waals surface area contributed by atoms with Crippen molar-refractivity contribution < 1.29 is 28.6 Å². The molecule has 266 valence electrons. The molecule has 0 saturated carbocycles. The van der Waals surface area contributed by atoms with E-state index in [1.165, 1.54) is 0 Å². The lowest BCUT2D eigenvalue weighted by Crippen LogP contribution is -2.45. The van der Waals surface area contributed by atoms with Crippen molar-refractivity contribution in [2.45, 2.75) is 103 Å². The van der Waals surface area contributed by atoms with Crippen LogP contribution in [0.4, 0.5) is 21.5 Å². The highest BCUT2D eigenvalue weighted by Gasteiger charge is 2.66. The van der Waals surface area contributed by atoms with Gasteiger partial charge in [0.2, 0.25) is 11.8 Å². The number of aryl methyl sites for hydroxylation is 1. The summed E-state index contributed by atoms with van der Waals surface area (Å²) in [4.78, 5) is 45.9. The number of fused-ring (bicyclic) bond motifs is 2. The maximum Gasteiger partial charge on any atom is 0.264 e. The lowest BCUT2D eigenvalue weighted by molar-refractivity contribution is -0.146. The number of benzene rings is 2. The third-order valence-corrected chi connectivity index (χ3v) is 11.1. The molecule has 3 fully saturated rings. The molecule has 3 aromatic rings. The van der Waals surface area contributed by atoms with E-state index in [0.29, 0.717) is 67.9 Å². The van der Waals surface area contributed by atoms with Crippen LogP contribution in [0.2, 0.25) is 0 Å². The summed E-state index contributed by atoms with van der Waals surface area (Å²) in [5.74, 6) is -1.24. The lowest BCUT2D eigenvalue weighted by Gasteiger charge is -2.33. The Bertz CT molecular complexity index is 1750. The van der Waals surface area contributed by atoms with Crippen molar-refractivity contribution in [1.29, 1.82) is 0 Å². The van der Waals surface area contributed by atoms with Crippen LogP contribution in [-0.2, 0) is 44.2 Å². The quantitative estimate of drug-likeness (QED) is 0.316. The number of amides is 3. The highest BCUT2D eigenvalue weighted by molar-refractivity contribution is 6.08. The van der Waals surface area contributed by atoms with E-state index in [1.54, 1.807) is 34.5 Å². The number of piperidine rings is 2. The monoisotopic (exact) mass is 686 g/mol. The van der Waals surface area contributed by atoms with E-state index in [1.807, 2.05) is 54.3 Å². The zero-order valence-electron chi connectivity index (χ0n) is 29.2. The Hall–Kier alpha value is -4.16. The summed E-state index contributed by atoms with van der Waals surface area (Å²) in [6, 6.07) is 13.5. The number of anilines is 3. The maximum atomic E-state index is 16.3. The second kappa shape index (κ2) is 13.5. The topological polar surface area (TPSA) is 121 Å². The molecule has 1 aromatic heterocycles. The first kappa shape index (κ1) is 34.3. The van der Waals surface area contributed by atoms with E-state index in [-0.39, 0.29) is 30.9 Å². The number of ether oxygens (including phenoxy) is 1. The van der Waals surface area contributed by atoms with Gasteiger partial charge in [-0.05, 0) is 81.8 Å². The Morgan fingerprint density at radius 2 is 1.62 bits per heavy atom. The standard InChI is InChI=1S/C38H47FN6O5/c1-25-35(37(2,3)39)32(16-20-42-24-27(17-21-46)40-41-42)50-38(25)30-22-29(44-19-7-5-9-34(44)48)14-15-31(30)45(36(38)49)23-26-10-12-28(13-11-26)43-18-6-4-8-33(43)47/h10-15,22,24-25,32,35,46H,4-9,16-21,23H2,1-3H3/t25-,32+,35-,38+/m1/s1. The van der Waals surface area contributed by atoms with Crippen LogP contribution in [0.25, 0.3) is 0 Å². The number of carbonyl (C=O) groups is 3. The fourth-order valence-corrected chi connectivity index (χ4v) is 8.69. The second-order valence-corrected chi connectivity index (χ2v) is 14.8. The molecule has 4 atom stereocenters. The Labute approximate surface area is 292 Å². The molecule has 12 heteroatoms. The Kier molecular flexibility index (Phi) is 9.27. The fourth-order valence-electron chi connectivity index (χ4n) is 8.69. The lowest BCUT2D eigenvalue weighted by atomic mass is 9.71. The molecular formula is C38H47FN6O5. The molecular weight excluding hydrogens is 639 g/mol. The van der Waals surface area contributed by atoms with Crippen LogP contribution in [0.1, 0.15) is 82.5 Å². The number of aliphatic hydroxyl groups excluding tert-OH is 1. The number of nitrogens with zero attached hydrogens (tertiary/aromatic N) is 6. The van der Waals surface area contributed by atoms with Gasteiger partial charge in [0.1, 0.15) is 5.67 Å². The first-order chi connectivity index (χ1) is 24.0. The van der Waals surface area contributed by atoms with E-state index < -0.39 is 29.2 Å². The van der Waals surface area contributed by atoms with Gasteiger partial charge >= 0.3 is 0 Å². The number of hydrogen-bond acceptors (Lipinski definition) is 7. The zero-order valence-corrected chi connectivity index (χ0v) is 29.2. The zero-order chi connectivity index (χ0) is 35.2. The molecule has 4 aliphatic heterocycles. The molecule has 7 rings (SSSR count). The van der Waals surface area contributed by atoms with Crippen LogP contribution in [0.15, 0.2) is 48.7 Å². The third-order valence-electron chi connectivity index (χ3n) is 11.1. The first-order valence-electron chi connectivity index (χ1n) is 18.0. The van der Waals surface area contributed by atoms with Gasteiger partial charge in [0.25, 0.3) is 5.91 Å². The van der Waals surface area contributed by atoms with Crippen molar-refractivity contribution in [3.63, 3.8) is 0 Å². The van der Waals surface area contributed by atoms with Crippen LogP contribution < -0.4 is 14.7 Å². The summed E-state index contributed by atoms with van der Waals surface area (Å²) < 4.78 is 24.9. The van der Waals surface area contributed by atoms with Crippen molar-refractivity contribution in [3.8, 4) is 0 Å². The average molecular weight is 687 g/mol. The summed E-state index contributed by atoms with van der Waals surface area (Å²) in [6.07, 6.45) is 6.59. The Morgan fingerprint density at radius 1 is 0.960 bits per heavy atom. The summed E-state index contributed by atoms with van der Waals surface area (Å²) in [5.41, 5.74) is 1.32. The number of halogens is 1. The van der Waals surface area contributed by atoms with Gasteiger partial charge in [-0.1, -0.05) is 24.3 Å². The normalized spacial score (nSPS) is 25.7. The highest BCUT2D eigenvalue weighted by Crippen LogP contribution is 2.59. The van der Waals surface area contributed by atoms with Gasteiger partial charge in [-0.2, -0.15) is 0 Å². The molecule has 5 heterocycles. The van der Waals surface area contributed by atoms with Gasteiger partial charge in [0, 0.05) is 80.5 Å². The maximum absolute atomic E-state index is 16.3. The molecule has 3 saturated heterocycles. The minimum absolute atomic E-state index is 0.0339. The first-order valence-corrected chi connectivity index (χ1v) is 18.0. The summed E-state index contributed by atoms with van der Waals surface area (Å²) >= 11 is 0. The SMILES string of the molecule is C[C@@H]1[C@@H](C(C)(C)F)[C@H](CCn2cc(CCO)nn2)O[C@@]12C(=O)N(Cc1ccc(N3CCCCC3=O)cc1)c1ccc(N3CCCCC3=O)cc12. The molecule has 1 N–H and O–H groups in total. The molecule has 0 radical (unpaired) electrons. The number of carbonyl (C=O) groups excluding carboxylic acids is 3. The molecule has 4 aliphatic rings. The minimum atomic E-state index is -1.67. The number of alkyl halides is 1. The Balaban J connectivity index is 1.24. The number of rotatable bonds is 10. The predicted octanol–water partition coefficient (Wildman–Crippen LogP) is 5.08. The van der Waals surface area contributed by atoms with Crippen LogP contribution in [0.5, 0.6) is 0 Å². The molecule has 0 aliphatic carbocycles. The molecule has 11 nitrogen and oxygen atoms in total. The Morgan fingerprint density at radius 3 is 2.26 bits per heavy atom. The molecule has 0 bridgehead atoms. The van der Waals surface area contributed by atoms with Crippen molar-refractivity contribution in [1.82, 2.24) is 15.0 Å². The van der Waals surface area contributed by atoms with E-state index in [2.05, 4.69) is 10.3 Å². The largest absolute Gasteiger partial charge is 0.396 e. The van der Waals surface area contributed by atoms with E-state index >= 15 is 4.39 Å². The number of aliphatic hydroxyl groups is 1. The van der Waals surface area contributed by atoms with Crippen molar-refractivity contribution >= 4 is 34.8 Å². The van der Waals surface area contributed by atoms with Gasteiger partial charge in [-0.25, -0.2) is 4.39 Å². The average Bonchev–Trinajstić information content (AvgIpc) is 3.74. The molecule has 2 aromatic carbocycles. The fraction of sp³-hybridized carbons (Fsp3) is 0.553. The number of hydrogen-bond donors (Lipinski definition) is 1. The summed E-state index contributed by atoms with van der Waals surface area (Å²) in [7, 11) is 0. The van der Waals surface area contributed by atoms with Crippen LogP contribution in [0.3, 0.4) is 0 Å². The van der Waals surface area contributed by atoms with Crippen molar-refractivity contribution in [2.75, 3.05) is 34.4 Å². The number of aromatic nitrogens is 3. The molecule has 1 spiro atoms. The van der Waals surface area contributed by atoms with Gasteiger partial charge in [0.15, 0.2) is 5.60 Å². The van der Waals surface area contributed by atoms with E-state index in [0.717, 1.165) is 36.9 Å². The summed E-state index contributed by atoms with van der Waals surface area (Å²) in [5, 5.41) is 17.6. The van der Waals surface area contributed by atoms with Crippen molar-refractivity contribution in [3.05, 3.63) is 65.5 Å². The second-order valence-electron chi connectivity index (χ2n) is 14.8. The van der Waals surface area contributed by atoms with Gasteiger partial charge in [0.05, 0.1) is 24.0 Å². The predicted molar refractivity (Wildman–Crippen MR) is 186 cm³/mol. The van der Waals surface area contributed by atoms with Crippen molar-refractivity contribution in [2.24, 2.45) is 11.8 Å². The van der Waals surface area contributed by atoms with Gasteiger partial charge < -0.3 is 24.5 Å². The van der Waals surface area contributed by atoms with Crippen LogP contribution >= 0.6 is 0 Å². The molecule has 3 amide bonds. The summed E-state index contributed by atoms with van der Waals surface area (Å²) in [6.45, 7) is 6.94. The van der Waals surface area contributed by atoms with Gasteiger partial charge in [-0.3, -0.25) is 19.1 Å². The smallest absolute Gasteiger partial charge is 0.264 e. The van der Waals surface area contributed by atoms with E-state index in [9.17, 15) is 19.5 Å². The van der Waals surface area contributed by atoms with E-state index in [4.69, 9.17) is 4.74 Å². The molecule has 50 heavy (non-hydrogen) atoms. The third kappa shape index (κ3) is 6.10. The van der Waals surface area contributed by atoms with Crippen LogP contribution in [0, 0.1) is 11.8 Å². The molecule has 0 unspecified atom stereocenters. The van der Waals surface area contributed by atoms with Crippen LogP contribution in [-0.4, -0.2) is 69.3 Å². The van der Waals surface area contributed by atoms with Gasteiger partial charge in [-0.15, -0.1) is 5.10 Å².